The van der Waals surface area contributed by atoms with Crippen LogP contribution >= 0.6 is 6.60 Å². The first-order valence-electron chi connectivity index (χ1n) is 9.70. The fraction of sp³-hybridized carbons (Fsp3) is 0.500. The number of benzene rings is 2. The molecule has 0 aromatic heterocycles. The molecule has 0 amide bonds. The van der Waals surface area contributed by atoms with E-state index in [-0.39, 0.29) is 10.3 Å². The maximum atomic E-state index is 2.51. The van der Waals surface area contributed by atoms with E-state index < -0.39 is 6.60 Å². The van der Waals surface area contributed by atoms with Gasteiger partial charge >= 0.3 is 155 Å². The molecule has 0 heterocycles. The number of hydrogen-bond donors (Lipinski definition) is 0. The Labute approximate surface area is 155 Å². The van der Waals surface area contributed by atoms with Crippen molar-refractivity contribution in [3.8, 4) is 0 Å². The summed E-state index contributed by atoms with van der Waals surface area (Å²) < 4.78 is 0. The molecule has 0 nitrogen and oxygen atoms in total. The van der Waals surface area contributed by atoms with Crippen molar-refractivity contribution in [3.05, 3.63) is 60.7 Å². The second-order valence-corrected chi connectivity index (χ2v) is 16.7. The summed E-state index contributed by atoms with van der Waals surface area (Å²) in [6, 6.07) is 23.1. The van der Waals surface area contributed by atoms with Gasteiger partial charge in [-0.1, -0.05) is 0 Å². The van der Waals surface area contributed by atoms with E-state index in [1.807, 2.05) is 0 Å². The molecule has 1 fully saturated rings. The van der Waals surface area contributed by atoms with Crippen molar-refractivity contribution in [3.63, 3.8) is 0 Å². The van der Waals surface area contributed by atoms with Gasteiger partial charge in [0.25, 0.3) is 0 Å². The first-order chi connectivity index (χ1) is 11.6. The van der Waals surface area contributed by atoms with Crippen molar-refractivity contribution in [2.45, 2.75) is 70.9 Å². The predicted octanol–water partition coefficient (Wildman–Crippen LogP) is 6.20. The fourth-order valence-electron chi connectivity index (χ4n) is 6.58. The standard InChI is InChI=1S/C24H35P/c1-19-18-22(19)25(23(2,3)4,24(5,6)7,20-14-10-8-11-15-20)21-16-12-9-13-17-21/h8-17,19,22H,18H2,1-7H3. The Bertz CT molecular complexity index is 674. The average molecular weight is 355 g/mol. The molecule has 0 bridgehead atoms. The predicted molar refractivity (Wildman–Crippen MR) is 116 cm³/mol. The molecule has 0 N–H and O–H groups in total. The Morgan fingerprint density at radius 2 is 1.00 bits per heavy atom. The van der Waals surface area contributed by atoms with Gasteiger partial charge in [-0.2, -0.15) is 0 Å². The van der Waals surface area contributed by atoms with E-state index in [0.717, 1.165) is 11.6 Å². The van der Waals surface area contributed by atoms with Crippen molar-refractivity contribution in [2.24, 2.45) is 5.92 Å². The van der Waals surface area contributed by atoms with Crippen LogP contribution in [0.15, 0.2) is 60.7 Å². The van der Waals surface area contributed by atoms with Gasteiger partial charge in [-0.15, -0.1) is 0 Å². The summed E-state index contributed by atoms with van der Waals surface area (Å²) in [6.45, 7) is 15.0. The minimum atomic E-state index is -2.55. The van der Waals surface area contributed by atoms with Crippen molar-refractivity contribution < 1.29 is 0 Å². The van der Waals surface area contributed by atoms with Gasteiger partial charge in [-0.25, -0.2) is 0 Å². The van der Waals surface area contributed by atoms with E-state index in [2.05, 4.69) is 109 Å². The summed E-state index contributed by atoms with van der Waals surface area (Å²) in [5.41, 5.74) is 0.774. The normalized spacial score (nSPS) is 22.9. The van der Waals surface area contributed by atoms with Gasteiger partial charge < -0.3 is 0 Å². The van der Waals surface area contributed by atoms with Crippen LogP contribution in [0, 0.1) is 5.92 Å². The molecule has 2 unspecified atom stereocenters. The Kier molecular flexibility index (Phi) is 4.24. The van der Waals surface area contributed by atoms with Crippen LogP contribution in [0.4, 0.5) is 0 Å². The van der Waals surface area contributed by atoms with Crippen molar-refractivity contribution in [1.82, 2.24) is 0 Å². The van der Waals surface area contributed by atoms with E-state index in [9.17, 15) is 0 Å². The third-order valence-corrected chi connectivity index (χ3v) is 17.5. The Morgan fingerprint density at radius 3 is 1.24 bits per heavy atom. The summed E-state index contributed by atoms with van der Waals surface area (Å²) in [4.78, 5) is 0. The molecule has 1 aliphatic rings. The third kappa shape index (κ3) is 2.10. The first-order valence-corrected chi connectivity index (χ1v) is 12.0. The third-order valence-electron chi connectivity index (χ3n) is 7.10. The molecule has 2 aromatic rings. The molecule has 1 saturated carbocycles. The van der Waals surface area contributed by atoms with Crippen LogP contribution in [0.25, 0.3) is 0 Å². The number of rotatable bonds is 3. The van der Waals surface area contributed by atoms with E-state index in [1.54, 1.807) is 10.6 Å². The van der Waals surface area contributed by atoms with Crippen LogP contribution in [-0.2, 0) is 0 Å². The van der Waals surface area contributed by atoms with Crippen LogP contribution in [-0.4, -0.2) is 16.0 Å². The van der Waals surface area contributed by atoms with E-state index >= 15 is 0 Å². The Balaban J connectivity index is 2.59. The monoisotopic (exact) mass is 354 g/mol. The summed E-state index contributed by atoms with van der Waals surface area (Å²) in [6.07, 6.45) is 1.36. The first kappa shape index (κ1) is 18.7. The molecule has 136 valence electrons. The molecule has 0 aliphatic heterocycles. The molecule has 1 aliphatic carbocycles. The molecule has 3 rings (SSSR count). The second-order valence-electron chi connectivity index (χ2n) is 9.98. The second kappa shape index (κ2) is 5.68. The molecular weight excluding hydrogens is 319 g/mol. The van der Waals surface area contributed by atoms with Crippen molar-refractivity contribution in [2.75, 3.05) is 0 Å². The number of hydrogen-bond acceptors (Lipinski definition) is 0. The zero-order valence-corrected chi connectivity index (χ0v) is 18.0. The van der Waals surface area contributed by atoms with Crippen LogP contribution in [0.2, 0.25) is 0 Å². The Morgan fingerprint density at radius 1 is 0.680 bits per heavy atom. The van der Waals surface area contributed by atoms with E-state index in [4.69, 9.17) is 0 Å². The zero-order valence-electron chi connectivity index (χ0n) is 17.1. The summed E-state index contributed by atoms with van der Waals surface area (Å²) >= 11 is 0. The topological polar surface area (TPSA) is 0 Å². The quantitative estimate of drug-likeness (QED) is 0.576. The van der Waals surface area contributed by atoms with Gasteiger partial charge in [-0.3, -0.25) is 0 Å². The minimum absolute atomic E-state index is 0.196. The molecule has 2 atom stereocenters. The molecule has 0 radical (unpaired) electrons. The molecule has 0 saturated heterocycles. The maximum absolute atomic E-state index is 2.55. The van der Waals surface area contributed by atoms with Crippen LogP contribution in [0.5, 0.6) is 0 Å². The Hall–Kier alpha value is -1.13. The van der Waals surface area contributed by atoms with Gasteiger partial charge in [-0.05, 0) is 0 Å². The van der Waals surface area contributed by atoms with Crippen LogP contribution < -0.4 is 10.6 Å². The fourth-order valence-corrected chi connectivity index (χ4v) is 18.1. The van der Waals surface area contributed by atoms with Gasteiger partial charge in [0.15, 0.2) is 0 Å². The molecule has 25 heavy (non-hydrogen) atoms. The zero-order chi connectivity index (χ0) is 18.5. The van der Waals surface area contributed by atoms with E-state index in [0.29, 0.717) is 0 Å². The molecule has 2 aromatic carbocycles. The molecule has 0 spiro atoms. The summed E-state index contributed by atoms with van der Waals surface area (Å²) in [5.74, 6) is 0.802. The van der Waals surface area contributed by atoms with Crippen molar-refractivity contribution in [1.29, 1.82) is 0 Å². The van der Waals surface area contributed by atoms with Crippen molar-refractivity contribution >= 4 is 17.2 Å². The van der Waals surface area contributed by atoms with Crippen LogP contribution in [0.1, 0.15) is 54.9 Å². The van der Waals surface area contributed by atoms with Gasteiger partial charge in [0.1, 0.15) is 0 Å². The average Bonchev–Trinajstić information content (AvgIpc) is 3.25. The van der Waals surface area contributed by atoms with E-state index in [1.165, 1.54) is 6.42 Å². The van der Waals surface area contributed by atoms with Gasteiger partial charge in [0.05, 0.1) is 0 Å². The van der Waals surface area contributed by atoms with Gasteiger partial charge in [0.2, 0.25) is 0 Å². The summed E-state index contributed by atoms with van der Waals surface area (Å²) in [5, 5.41) is 3.60. The molecular formula is C24H35P. The SMILES string of the molecule is CC1CC1P(c1ccccc1)(c1ccccc1)(C(C)(C)C)C(C)(C)C. The molecule has 1 heteroatoms. The van der Waals surface area contributed by atoms with Crippen LogP contribution in [0.3, 0.4) is 0 Å². The van der Waals surface area contributed by atoms with Gasteiger partial charge in [0, 0.05) is 0 Å². The summed E-state index contributed by atoms with van der Waals surface area (Å²) in [7, 11) is 0.